The first kappa shape index (κ1) is 19.5. The van der Waals surface area contributed by atoms with Crippen molar-refractivity contribution >= 4 is 29.5 Å². The third-order valence-corrected chi connectivity index (χ3v) is 8.06. The monoisotopic (exact) mass is 383 g/mol. The first-order valence-electron chi connectivity index (χ1n) is 9.53. The van der Waals surface area contributed by atoms with Crippen LogP contribution >= 0.6 is 11.8 Å². The van der Waals surface area contributed by atoms with E-state index in [9.17, 15) is 19.5 Å². The van der Waals surface area contributed by atoms with Gasteiger partial charge in [0.05, 0.1) is 29.2 Å². The number of carbonyl (C=O) groups is 3. The van der Waals surface area contributed by atoms with E-state index in [2.05, 4.69) is 17.6 Å². The summed E-state index contributed by atoms with van der Waals surface area (Å²) in [5.41, 5.74) is 0. The molecule has 3 aliphatic heterocycles. The highest BCUT2D eigenvalue weighted by molar-refractivity contribution is 8.02. The zero-order valence-electron chi connectivity index (χ0n) is 15.7. The number of nitrogens with one attached hydrogen (secondary N) is 2. The van der Waals surface area contributed by atoms with E-state index in [-0.39, 0.29) is 29.6 Å². The summed E-state index contributed by atoms with van der Waals surface area (Å²) in [4.78, 5) is 40.4. The van der Waals surface area contributed by atoms with Crippen LogP contribution < -0.4 is 10.6 Å². The summed E-state index contributed by atoms with van der Waals surface area (Å²) >= 11 is 1.65. The molecule has 3 N–H and O–H groups in total. The maximum absolute atomic E-state index is 13.3. The number of aliphatic hydroxyl groups excluding tert-OH is 1. The standard InChI is InChI=1S/C18H29N3O4S/c1-4-5-8-20-16(24)14-18-7-6-11(26-18)12(15(23)19-3)13(18)17(25)21(14)10(2)9-22/h10-14,22H,4-9H2,1-3H3,(H,19,23)(H,20,24)/t10-,11-,12+,13+,14?,18?/m1/s1. The Hall–Kier alpha value is -1.28. The molecule has 3 heterocycles. The van der Waals surface area contributed by atoms with Crippen molar-refractivity contribution in [1.82, 2.24) is 15.5 Å². The van der Waals surface area contributed by atoms with Gasteiger partial charge in [-0.3, -0.25) is 14.4 Å². The number of rotatable bonds is 7. The average Bonchev–Trinajstić information content (AvgIpc) is 3.27. The summed E-state index contributed by atoms with van der Waals surface area (Å²) in [5.74, 6) is -1.31. The van der Waals surface area contributed by atoms with E-state index >= 15 is 0 Å². The van der Waals surface area contributed by atoms with E-state index in [0.717, 1.165) is 25.7 Å². The van der Waals surface area contributed by atoms with Crippen molar-refractivity contribution in [2.45, 2.75) is 61.6 Å². The van der Waals surface area contributed by atoms with Gasteiger partial charge in [0.25, 0.3) is 0 Å². The summed E-state index contributed by atoms with van der Waals surface area (Å²) in [6.07, 6.45) is 3.46. The highest BCUT2D eigenvalue weighted by Crippen LogP contribution is 2.66. The van der Waals surface area contributed by atoms with Crippen LogP contribution in [0.2, 0.25) is 0 Å². The minimum Gasteiger partial charge on any atom is -0.394 e. The average molecular weight is 384 g/mol. The normalized spacial score (nSPS) is 36.2. The third-order valence-electron chi connectivity index (χ3n) is 6.10. The van der Waals surface area contributed by atoms with Gasteiger partial charge >= 0.3 is 0 Å². The minimum absolute atomic E-state index is 0.0847. The summed E-state index contributed by atoms with van der Waals surface area (Å²) < 4.78 is -0.557. The fourth-order valence-corrected chi connectivity index (χ4v) is 7.11. The first-order chi connectivity index (χ1) is 12.4. The van der Waals surface area contributed by atoms with Gasteiger partial charge < -0.3 is 20.6 Å². The Morgan fingerprint density at radius 3 is 2.77 bits per heavy atom. The Labute approximate surface area is 158 Å². The molecule has 3 aliphatic rings. The van der Waals surface area contributed by atoms with E-state index < -0.39 is 28.7 Å². The predicted octanol–water partition coefficient (Wildman–Crippen LogP) is 0.121. The largest absolute Gasteiger partial charge is 0.394 e. The Balaban J connectivity index is 1.96. The second kappa shape index (κ2) is 7.38. The lowest BCUT2D eigenvalue weighted by Crippen LogP contribution is -2.56. The number of nitrogens with zero attached hydrogens (tertiary/aromatic N) is 1. The van der Waals surface area contributed by atoms with Crippen LogP contribution in [0.4, 0.5) is 0 Å². The molecule has 26 heavy (non-hydrogen) atoms. The lowest BCUT2D eigenvalue weighted by Gasteiger charge is -2.36. The molecule has 0 saturated carbocycles. The Morgan fingerprint density at radius 2 is 2.15 bits per heavy atom. The third kappa shape index (κ3) is 2.72. The number of hydrogen-bond donors (Lipinski definition) is 3. The van der Waals surface area contributed by atoms with Gasteiger partial charge in [-0.05, 0) is 26.2 Å². The molecule has 0 aliphatic carbocycles. The maximum atomic E-state index is 13.3. The molecule has 0 radical (unpaired) electrons. The topological polar surface area (TPSA) is 98.7 Å². The lowest BCUT2D eigenvalue weighted by molar-refractivity contribution is -0.142. The van der Waals surface area contributed by atoms with Crippen LogP contribution in [0, 0.1) is 11.8 Å². The van der Waals surface area contributed by atoms with Crippen LogP contribution in [0.25, 0.3) is 0 Å². The molecule has 2 unspecified atom stereocenters. The van der Waals surface area contributed by atoms with Crippen LogP contribution in [0.3, 0.4) is 0 Å². The van der Waals surface area contributed by atoms with Crippen molar-refractivity contribution in [3.63, 3.8) is 0 Å². The van der Waals surface area contributed by atoms with Gasteiger partial charge in [0.15, 0.2) is 0 Å². The molecule has 0 aromatic rings. The van der Waals surface area contributed by atoms with Crippen LogP contribution in [0.15, 0.2) is 0 Å². The quantitative estimate of drug-likeness (QED) is 0.543. The van der Waals surface area contributed by atoms with E-state index in [0.29, 0.717) is 6.54 Å². The van der Waals surface area contributed by atoms with Gasteiger partial charge in [0, 0.05) is 18.8 Å². The van der Waals surface area contributed by atoms with Gasteiger partial charge in [0.1, 0.15) is 6.04 Å². The van der Waals surface area contributed by atoms with Gasteiger partial charge in [-0.1, -0.05) is 13.3 Å². The van der Waals surface area contributed by atoms with Crippen LogP contribution in [-0.2, 0) is 14.4 Å². The Morgan fingerprint density at radius 1 is 1.42 bits per heavy atom. The molecule has 8 heteroatoms. The lowest BCUT2D eigenvalue weighted by atomic mass is 9.71. The summed E-state index contributed by atoms with van der Waals surface area (Å²) in [6, 6.07) is -1.07. The van der Waals surface area contributed by atoms with Gasteiger partial charge in [0.2, 0.25) is 17.7 Å². The van der Waals surface area contributed by atoms with Crippen molar-refractivity contribution in [3.8, 4) is 0 Å². The van der Waals surface area contributed by atoms with Crippen molar-refractivity contribution in [3.05, 3.63) is 0 Å². The number of hydrogen-bond acceptors (Lipinski definition) is 5. The molecule has 3 amide bonds. The second-order valence-corrected chi connectivity index (χ2v) is 9.19. The first-order valence-corrected chi connectivity index (χ1v) is 10.4. The van der Waals surface area contributed by atoms with E-state index in [4.69, 9.17) is 0 Å². The number of likely N-dealkylation sites (tertiary alicyclic amines) is 1. The van der Waals surface area contributed by atoms with Crippen molar-refractivity contribution in [1.29, 1.82) is 0 Å². The SMILES string of the molecule is CCCCNC(=O)C1N([C@H](C)CO)C(=O)[C@@H]2[C@@H](C(=O)NC)[C@H]3CCC12S3. The van der Waals surface area contributed by atoms with Crippen LogP contribution in [0.5, 0.6) is 0 Å². The Bertz CT molecular complexity index is 601. The molecule has 0 aromatic heterocycles. The smallest absolute Gasteiger partial charge is 0.244 e. The molecule has 3 saturated heterocycles. The molecular weight excluding hydrogens is 354 g/mol. The zero-order valence-corrected chi connectivity index (χ0v) is 16.5. The molecular formula is C18H29N3O4S. The maximum Gasteiger partial charge on any atom is 0.244 e. The number of unbranched alkanes of at least 4 members (excludes halogenated alkanes) is 1. The molecule has 146 valence electrons. The van der Waals surface area contributed by atoms with E-state index in [1.54, 1.807) is 30.6 Å². The minimum atomic E-state index is -0.622. The molecule has 3 rings (SSSR count). The highest BCUT2D eigenvalue weighted by atomic mass is 32.2. The van der Waals surface area contributed by atoms with Crippen molar-refractivity contribution in [2.24, 2.45) is 11.8 Å². The van der Waals surface area contributed by atoms with Gasteiger partial charge in [-0.2, -0.15) is 0 Å². The molecule has 1 spiro atoms. The Kier molecular flexibility index (Phi) is 5.53. The fraction of sp³-hybridized carbons (Fsp3) is 0.833. The highest BCUT2D eigenvalue weighted by Gasteiger charge is 2.73. The van der Waals surface area contributed by atoms with Crippen molar-refractivity contribution in [2.75, 3.05) is 20.2 Å². The summed E-state index contributed by atoms with van der Waals surface area (Å²) in [6.45, 7) is 4.19. The fourth-order valence-electron chi connectivity index (χ4n) is 4.90. The molecule has 6 atom stereocenters. The van der Waals surface area contributed by atoms with Crippen LogP contribution in [-0.4, -0.2) is 70.0 Å². The summed E-state index contributed by atoms with van der Waals surface area (Å²) in [7, 11) is 1.59. The van der Waals surface area contributed by atoms with Gasteiger partial charge in [-0.15, -0.1) is 11.8 Å². The zero-order chi connectivity index (χ0) is 19.1. The number of carbonyl (C=O) groups excluding carboxylic acids is 3. The number of fused-ring (bicyclic) bond motifs is 1. The van der Waals surface area contributed by atoms with Crippen molar-refractivity contribution < 1.29 is 19.5 Å². The van der Waals surface area contributed by atoms with E-state index in [1.807, 2.05) is 0 Å². The molecule has 0 aromatic carbocycles. The molecule has 2 bridgehead atoms. The van der Waals surface area contributed by atoms with E-state index in [1.165, 1.54) is 0 Å². The number of thioether (sulfide) groups is 1. The van der Waals surface area contributed by atoms with Crippen LogP contribution in [0.1, 0.15) is 39.5 Å². The van der Waals surface area contributed by atoms with Gasteiger partial charge in [-0.25, -0.2) is 0 Å². The number of aliphatic hydroxyl groups is 1. The molecule has 3 fully saturated rings. The molecule has 7 nitrogen and oxygen atoms in total. The predicted molar refractivity (Wildman–Crippen MR) is 99.5 cm³/mol. The second-order valence-electron chi connectivity index (χ2n) is 7.59. The number of amides is 3. The summed E-state index contributed by atoms with van der Waals surface area (Å²) in [5, 5.41) is 15.4.